The third-order valence-electron chi connectivity index (χ3n) is 3.08. The van der Waals surface area contributed by atoms with Crippen molar-refractivity contribution in [2.75, 3.05) is 11.9 Å². The van der Waals surface area contributed by atoms with Gasteiger partial charge in [-0.1, -0.05) is 24.4 Å². The molecule has 2 unspecified atom stereocenters. The Morgan fingerprint density at radius 2 is 2.00 bits per heavy atom. The zero-order valence-corrected chi connectivity index (χ0v) is 9.82. The third kappa shape index (κ3) is 2.83. The highest BCUT2D eigenvalue weighted by atomic mass is 35.5. The standard InChI is InChI=1S/C11H16ClN3O/c12-9-5-13-11(14-6-9)15-10-4-2-1-3-8(10)7-16/h5-6,8,10,16H,1-4,7H2,(H,13,14,15). The molecule has 2 rings (SSSR count). The van der Waals surface area contributed by atoms with E-state index in [4.69, 9.17) is 11.6 Å². The van der Waals surface area contributed by atoms with E-state index in [1.54, 1.807) is 12.4 Å². The predicted octanol–water partition coefficient (Wildman–Crippen LogP) is 2.09. The summed E-state index contributed by atoms with van der Waals surface area (Å²) in [5.41, 5.74) is 0. The first kappa shape index (κ1) is 11.6. The average Bonchev–Trinajstić information content (AvgIpc) is 2.33. The van der Waals surface area contributed by atoms with Gasteiger partial charge >= 0.3 is 0 Å². The van der Waals surface area contributed by atoms with Gasteiger partial charge < -0.3 is 10.4 Å². The van der Waals surface area contributed by atoms with Crippen molar-refractivity contribution in [3.63, 3.8) is 0 Å². The topological polar surface area (TPSA) is 58.0 Å². The number of aliphatic hydroxyl groups is 1. The van der Waals surface area contributed by atoms with Gasteiger partial charge in [-0.2, -0.15) is 0 Å². The second-order valence-electron chi connectivity index (χ2n) is 4.20. The monoisotopic (exact) mass is 241 g/mol. The number of nitrogens with one attached hydrogen (secondary N) is 1. The number of aromatic nitrogens is 2. The Balaban J connectivity index is 1.99. The van der Waals surface area contributed by atoms with E-state index in [2.05, 4.69) is 15.3 Å². The van der Waals surface area contributed by atoms with Crippen LogP contribution in [0.3, 0.4) is 0 Å². The zero-order chi connectivity index (χ0) is 11.4. The Bertz CT molecular complexity index is 331. The van der Waals surface area contributed by atoms with E-state index in [9.17, 15) is 5.11 Å². The van der Waals surface area contributed by atoms with E-state index in [-0.39, 0.29) is 12.6 Å². The van der Waals surface area contributed by atoms with E-state index in [0.29, 0.717) is 16.9 Å². The van der Waals surface area contributed by atoms with Gasteiger partial charge in [0.15, 0.2) is 0 Å². The molecule has 4 nitrogen and oxygen atoms in total. The van der Waals surface area contributed by atoms with E-state index in [0.717, 1.165) is 12.8 Å². The predicted molar refractivity (Wildman–Crippen MR) is 63.5 cm³/mol. The molecule has 1 aliphatic carbocycles. The number of hydrogen-bond acceptors (Lipinski definition) is 4. The molecule has 1 fully saturated rings. The lowest BCUT2D eigenvalue weighted by Gasteiger charge is -2.30. The first-order valence-corrected chi connectivity index (χ1v) is 6.02. The Labute approximate surface area is 100 Å². The molecule has 5 heteroatoms. The van der Waals surface area contributed by atoms with Gasteiger partial charge in [0, 0.05) is 18.6 Å². The van der Waals surface area contributed by atoms with Crippen LogP contribution >= 0.6 is 11.6 Å². The second kappa shape index (κ2) is 5.46. The summed E-state index contributed by atoms with van der Waals surface area (Å²) in [6.07, 6.45) is 7.69. The van der Waals surface area contributed by atoms with E-state index in [1.807, 2.05) is 0 Å². The summed E-state index contributed by atoms with van der Waals surface area (Å²) < 4.78 is 0. The van der Waals surface area contributed by atoms with Crippen molar-refractivity contribution >= 4 is 17.5 Å². The molecule has 0 aliphatic heterocycles. The molecule has 0 radical (unpaired) electrons. The summed E-state index contributed by atoms with van der Waals surface area (Å²) in [6, 6.07) is 0.278. The maximum atomic E-state index is 9.28. The highest BCUT2D eigenvalue weighted by molar-refractivity contribution is 6.30. The first-order chi connectivity index (χ1) is 7.79. The van der Waals surface area contributed by atoms with Gasteiger partial charge in [-0.05, 0) is 12.8 Å². The fourth-order valence-corrected chi connectivity index (χ4v) is 2.27. The summed E-state index contributed by atoms with van der Waals surface area (Å²) in [7, 11) is 0. The van der Waals surface area contributed by atoms with Crippen molar-refractivity contribution in [3.05, 3.63) is 17.4 Å². The number of aliphatic hydroxyl groups excluding tert-OH is 1. The summed E-state index contributed by atoms with van der Waals surface area (Å²) in [4.78, 5) is 8.21. The van der Waals surface area contributed by atoms with Gasteiger partial charge in [-0.25, -0.2) is 9.97 Å². The Kier molecular flexibility index (Phi) is 3.96. The van der Waals surface area contributed by atoms with Gasteiger partial charge in [0.05, 0.1) is 17.4 Å². The Hall–Kier alpha value is -0.870. The van der Waals surface area contributed by atoms with Crippen LogP contribution in [0.2, 0.25) is 5.02 Å². The van der Waals surface area contributed by atoms with Crippen molar-refractivity contribution < 1.29 is 5.11 Å². The molecule has 16 heavy (non-hydrogen) atoms. The van der Waals surface area contributed by atoms with Gasteiger partial charge in [0.25, 0.3) is 0 Å². The smallest absolute Gasteiger partial charge is 0.222 e. The van der Waals surface area contributed by atoms with Gasteiger partial charge in [0.2, 0.25) is 5.95 Å². The van der Waals surface area contributed by atoms with Crippen molar-refractivity contribution in [1.82, 2.24) is 9.97 Å². The van der Waals surface area contributed by atoms with Gasteiger partial charge in [-0.15, -0.1) is 0 Å². The van der Waals surface area contributed by atoms with Crippen LogP contribution in [-0.2, 0) is 0 Å². The van der Waals surface area contributed by atoms with Crippen molar-refractivity contribution in [3.8, 4) is 0 Å². The SMILES string of the molecule is OCC1CCCCC1Nc1ncc(Cl)cn1. The molecule has 1 aromatic rings. The molecule has 1 aromatic heterocycles. The quantitative estimate of drug-likeness (QED) is 0.851. The van der Waals surface area contributed by atoms with E-state index < -0.39 is 0 Å². The molecule has 1 heterocycles. The Morgan fingerprint density at radius 1 is 1.31 bits per heavy atom. The molecule has 0 amide bonds. The summed E-state index contributed by atoms with van der Waals surface area (Å²) in [5.74, 6) is 0.905. The summed E-state index contributed by atoms with van der Waals surface area (Å²) in [6.45, 7) is 0.227. The van der Waals surface area contributed by atoms with Crippen molar-refractivity contribution in [2.24, 2.45) is 5.92 Å². The molecule has 0 spiro atoms. The molecule has 0 aromatic carbocycles. The molecule has 2 atom stereocenters. The van der Waals surface area contributed by atoms with Crippen LogP contribution < -0.4 is 5.32 Å². The molecule has 0 saturated heterocycles. The van der Waals surface area contributed by atoms with Crippen LogP contribution in [0, 0.1) is 5.92 Å². The molecular formula is C11H16ClN3O. The highest BCUT2D eigenvalue weighted by Gasteiger charge is 2.24. The Morgan fingerprint density at radius 3 is 2.69 bits per heavy atom. The van der Waals surface area contributed by atoms with Crippen molar-refractivity contribution in [1.29, 1.82) is 0 Å². The number of anilines is 1. The first-order valence-electron chi connectivity index (χ1n) is 5.64. The fourth-order valence-electron chi connectivity index (χ4n) is 2.17. The molecule has 1 saturated carbocycles. The molecule has 1 aliphatic rings. The normalized spacial score (nSPS) is 25.4. The maximum Gasteiger partial charge on any atom is 0.222 e. The lowest BCUT2D eigenvalue weighted by Crippen LogP contribution is -2.34. The second-order valence-corrected chi connectivity index (χ2v) is 4.64. The minimum absolute atomic E-state index is 0.227. The fraction of sp³-hybridized carbons (Fsp3) is 0.636. The van der Waals surface area contributed by atoms with E-state index in [1.165, 1.54) is 12.8 Å². The number of rotatable bonds is 3. The molecule has 88 valence electrons. The molecular weight excluding hydrogens is 226 g/mol. The summed E-state index contributed by atoms with van der Waals surface area (Å²) >= 11 is 5.72. The van der Waals surface area contributed by atoms with Gasteiger partial charge in [-0.3, -0.25) is 0 Å². The molecule has 2 N–H and O–H groups in total. The summed E-state index contributed by atoms with van der Waals surface area (Å²) in [5, 5.41) is 13.1. The molecule has 0 bridgehead atoms. The lowest BCUT2D eigenvalue weighted by atomic mass is 9.85. The van der Waals surface area contributed by atoms with Crippen LogP contribution in [0.25, 0.3) is 0 Å². The van der Waals surface area contributed by atoms with Crippen molar-refractivity contribution in [2.45, 2.75) is 31.7 Å². The van der Waals surface area contributed by atoms with Crippen LogP contribution in [0.5, 0.6) is 0 Å². The van der Waals surface area contributed by atoms with Crippen LogP contribution in [0.1, 0.15) is 25.7 Å². The average molecular weight is 242 g/mol. The lowest BCUT2D eigenvalue weighted by molar-refractivity contribution is 0.178. The zero-order valence-electron chi connectivity index (χ0n) is 9.06. The number of nitrogens with zero attached hydrogens (tertiary/aromatic N) is 2. The largest absolute Gasteiger partial charge is 0.396 e. The highest BCUT2D eigenvalue weighted by Crippen LogP contribution is 2.26. The third-order valence-corrected chi connectivity index (χ3v) is 3.27. The minimum Gasteiger partial charge on any atom is -0.396 e. The number of hydrogen-bond donors (Lipinski definition) is 2. The van der Waals surface area contributed by atoms with Crippen LogP contribution in [-0.4, -0.2) is 27.7 Å². The minimum atomic E-state index is 0.227. The van der Waals surface area contributed by atoms with Crippen LogP contribution in [0.4, 0.5) is 5.95 Å². The number of halogens is 1. The maximum absolute atomic E-state index is 9.28. The van der Waals surface area contributed by atoms with Gasteiger partial charge in [0.1, 0.15) is 0 Å². The van der Waals surface area contributed by atoms with Crippen LogP contribution in [0.15, 0.2) is 12.4 Å². The van der Waals surface area contributed by atoms with E-state index >= 15 is 0 Å².